The molecule has 0 bridgehead atoms. The van der Waals surface area contributed by atoms with Crippen LogP contribution in [0.15, 0.2) is 16.7 Å². The molecule has 0 radical (unpaired) electrons. The van der Waals surface area contributed by atoms with E-state index in [2.05, 4.69) is 15.3 Å². The molecule has 1 aliphatic rings. The number of hydrogen-bond acceptors (Lipinski definition) is 10. The van der Waals surface area contributed by atoms with E-state index in [4.69, 9.17) is 21.1 Å². The van der Waals surface area contributed by atoms with Gasteiger partial charge in [-0.15, -0.1) is 0 Å². The monoisotopic (exact) mass is 436 g/mol. The molecule has 1 aromatic rings. The first kappa shape index (κ1) is 21.5. The molecule has 0 saturated carbocycles. The molecular weight excluding hydrogens is 420 g/mol. The van der Waals surface area contributed by atoms with Crippen molar-refractivity contribution in [2.45, 2.75) is 5.50 Å². The maximum absolute atomic E-state index is 12.6. The average molecular weight is 437 g/mol. The van der Waals surface area contributed by atoms with Gasteiger partial charge >= 0.3 is 12.0 Å². The maximum Gasteiger partial charge on any atom is 0.337 e. The molecule has 2 amide bonds. The number of anilines is 1. The Morgan fingerprint density at radius 2 is 1.75 bits per heavy atom. The van der Waals surface area contributed by atoms with Gasteiger partial charge in [0.1, 0.15) is 11.1 Å². The summed E-state index contributed by atoms with van der Waals surface area (Å²) in [4.78, 5) is 31.2. The Hall–Kier alpha value is -2.84. The van der Waals surface area contributed by atoms with Gasteiger partial charge in [0, 0.05) is 14.1 Å². The van der Waals surface area contributed by atoms with Gasteiger partial charge in [0.15, 0.2) is 5.03 Å². The number of aromatic nitrogens is 2. The predicted octanol–water partition coefficient (Wildman–Crippen LogP) is -0.402. The average Bonchev–Trinajstić information content (AvgIpc) is 2.85. The van der Waals surface area contributed by atoms with Crippen molar-refractivity contribution in [3.63, 3.8) is 0 Å². The lowest BCUT2D eigenvalue weighted by atomic mass is 10.3. The van der Waals surface area contributed by atoms with Crippen LogP contribution in [-0.2, 0) is 14.8 Å². The summed E-state index contributed by atoms with van der Waals surface area (Å²) in [6, 6.07) is 0.106. The highest BCUT2D eigenvalue weighted by Gasteiger charge is 2.44. The molecule has 1 atom stereocenters. The molecule has 2 rings (SSSR count). The minimum atomic E-state index is -4.60. The van der Waals surface area contributed by atoms with Gasteiger partial charge < -0.3 is 14.6 Å². The number of rotatable bonds is 6. The molecule has 13 nitrogen and oxygen atoms in total. The first-order valence-electron chi connectivity index (χ1n) is 7.40. The first-order chi connectivity index (χ1) is 13.0. The van der Waals surface area contributed by atoms with Crippen LogP contribution in [-0.4, -0.2) is 79.3 Å². The summed E-state index contributed by atoms with van der Waals surface area (Å²) in [6.45, 7) is 0. The van der Waals surface area contributed by atoms with E-state index < -0.39 is 38.1 Å². The molecular formula is C13H17ClN6O7S. The van der Waals surface area contributed by atoms with Crippen LogP contribution in [0.5, 0.6) is 11.8 Å². The second-order valence-corrected chi connectivity index (χ2v) is 7.30. The number of alkyl halides is 1. The van der Waals surface area contributed by atoms with Gasteiger partial charge in [-0.05, 0) is 0 Å². The van der Waals surface area contributed by atoms with Crippen molar-refractivity contribution in [3.8, 4) is 11.8 Å². The third kappa shape index (κ3) is 4.18. The van der Waals surface area contributed by atoms with Crippen LogP contribution in [0.25, 0.3) is 0 Å². The van der Waals surface area contributed by atoms with Gasteiger partial charge in [0.05, 0.1) is 20.3 Å². The Morgan fingerprint density at radius 1 is 1.21 bits per heavy atom. The zero-order valence-electron chi connectivity index (χ0n) is 15.1. The Bertz CT molecular complexity index is 915. The number of likely N-dealkylation sites (N-methyl/N-ethyl adjacent to an activating group) is 1. The van der Waals surface area contributed by atoms with Gasteiger partial charge in [0.2, 0.25) is 17.7 Å². The van der Waals surface area contributed by atoms with Crippen LogP contribution in [0.2, 0.25) is 0 Å². The lowest BCUT2D eigenvalue weighted by Crippen LogP contribution is -2.41. The number of sulfonamides is 1. The second-order valence-electron chi connectivity index (χ2n) is 5.29. The molecule has 0 aromatic carbocycles. The van der Waals surface area contributed by atoms with Gasteiger partial charge in [0.25, 0.3) is 10.0 Å². The maximum atomic E-state index is 12.6. The predicted molar refractivity (Wildman–Crippen MR) is 96.0 cm³/mol. The number of halogens is 1. The molecule has 0 aliphatic carbocycles. The molecule has 1 aliphatic heterocycles. The normalized spacial score (nSPS) is 17.5. The van der Waals surface area contributed by atoms with Gasteiger partial charge in [-0.3, -0.25) is 10.3 Å². The molecule has 0 saturated heterocycles. The highest BCUT2D eigenvalue weighted by atomic mass is 35.5. The number of hydrogen-bond donors (Lipinski definition) is 3. The molecule has 0 spiro atoms. The van der Waals surface area contributed by atoms with Gasteiger partial charge in [-0.2, -0.15) is 18.4 Å². The Balaban J connectivity index is 2.29. The van der Waals surface area contributed by atoms with Gasteiger partial charge in [-0.25, -0.2) is 19.3 Å². The highest BCUT2D eigenvalue weighted by molar-refractivity contribution is 7.93. The fourth-order valence-corrected chi connectivity index (χ4v) is 3.99. The van der Waals surface area contributed by atoms with Crippen molar-refractivity contribution < 1.29 is 32.6 Å². The molecule has 0 fully saturated rings. The van der Waals surface area contributed by atoms with Crippen molar-refractivity contribution >= 4 is 39.6 Å². The summed E-state index contributed by atoms with van der Waals surface area (Å²) in [6.07, 6.45) is 0. The zero-order chi connectivity index (χ0) is 21.2. The minimum absolute atomic E-state index is 0.0583. The number of hydrazine groups is 1. The number of carbonyl (C=O) groups excluding carboxylic acids is 1. The van der Waals surface area contributed by atoms with Crippen LogP contribution < -0.4 is 19.5 Å². The molecule has 2 heterocycles. The van der Waals surface area contributed by atoms with Crippen molar-refractivity contribution in [2.75, 3.05) is 33.6 Å². The van der Waals surface area contributed by atoms with E-state index in [1.807, 2.05) is 0 Å². The number of carbonyl (C=O) groups is 2. The van der Waals surface area contributed by atoms with E-state index in [1.54, 1.807) is 4.72 Å². The molecule has 3 N–H and O–H groups in total. The Kier molecular flexibility index (Phi) is 6.16. The summed E-state index contributed by atoms with van der Waals surface area (Å²) >= 11 is 5.96. The number of methoxy groups -OCH3 is 2. The van der Waals surface area contributed by atoms with E-state index in [1.165, 1.54) is 39.4 Å². The van der Waals surface area contributed by atoms with E-state index in [-0.39, 0.29) is 17.7 Å². The Morgan fingerprint density at radius 3 is 2.21 bits per heavy atom. The number of urea groups is 1. The quantitative estimate of drug-likeness (QED) is 0.392. The smallest absolute Gasteiger partial charge is 0.337 e. The van der Waals surface area contributed by atoms with Crippen molar-refractivity contribution in [1.29, 1.82) is 0 Å². The molecule has 1 unspecified atom stereocenters. The highest BCUT2D eigenvalue weighted by Crippen LogP contribution is 2.32. The summed E-state index contributed by atoms with van der Waals surface area (Å²) in [7, 11) is 0.721. The zero-order valence-corrected chi connectivity index (χ0v) is 16.7. The van der Waals surface area contributed by atoms with Crippen LogP contribution in [0, 0.1) is 0 Å². The fourth-order valence-electron chi connectivity index (χ4n) is 2.24. The Labute approximate surface area is 164 Å². The number of carboxylic acids is 1. The van der Waals surface area contributed by atoms with E-state index in [9.17, 15) is 23.1 Å². The number of amides is 2. The van der Waals surface area contributed by atoms with Crippen molar-refractivity contribution in [2.24, 2.45) is 0 Å². The minimum Gasteiger partial charge on any atom is -0.481 e. The van der Waals surface area contributed by atoms with Crippen LogP contribution in [0.3, 0.4) is 0 Å². The third-order valence-electron chi connectivity index (χ3n) is 3.60. The van der Waals surface area contributed by atoms with Crippen molar-refractivity contribution in [3.05, 3.63) is 16.7 Å². The van der Waals surface area contributed by atoms with E-state index in [0.29, 0.717) is 0 Å². The molecule has 15 heteroatoms. The van der Waals surface area contributed by atoms with E-state index >= 15 is 0 Å². The summed E-state index contributed by atoms with van der Waals surface area (Å²) in [5.74, 6) is -1.73. The first-order valence-corrected chi connectivity index (χ1v) is 9.32. The number of carboxylic acid groups (broad SMARTS) is 1. The number of aliphatic carboxylic acids is 1. The third-order valence-corrected chi connectivity index (χ3v) is 5.55. The number of nitrogens with one attached hydrogen (secondary N) is 2. The topological polar surface area (TPSA) is 163 Å². The number of ether oxygens (including phenoxy) is 2. The van der Waals surface area contributed by atoms with Crippen molar-refractivity contribution in [1.82, 2.24) is 24.7 Å². The van der Waals surface area contributed by atoms with E-state index in [0.717, 1.165) is 5.01 Å². The SMILES string of the molecule is COc1cc(OC)nc(NC(=O)NS(=O)(=O)C2=C(C(=O)O)C(Cl)N(C)N2C)n1. The lowest BCUT2D eigenvalue weighted by molar-refractivity contribution is -0.132. The summed E-state index contributed by atoms with van der Waals surface area (Å²) in [5, 5.41) is 12.9. The summed E-state index contributed by atoms with van der Waals surface area (Å²) < 4.78 is 36.7. The fraction of sp³-hybridized carbons (Fsp3) is 0.385. The molecule has 1 aromatic heterocycles. The van der Waals surface area contributed by atoms with Crippen LogP contribution in [0.1, 0.15) is 0 Å². The second kappa shape index (κ2) is 8.04. The summed E-state index contributed by atoms with van der Waals surface area (Å²) in [5.41, 5.74) is -1.85. The number of nitrogens with zero attached hydrogens (tertiary/aromatic N) is 4. The largest absolute Gasteiger partial charge is 0.481 e. The molecule has 154 valence electrons. The molecule has 28 heavy (non-hydrogen) atoms. The van der Waals surface area contributed by atoms with Gasteiger partial charge in [-0.1, -0.05) is 11.6 Å². The van der Waals surface area contributed by atoms with Crippen LogP contribution >= 0.6 is 11.6 Å². The lowest BCUT2D eigenvalue weighted by Gasteiger charge is -2.25. The standard InChI is InChI=1S/C13H17ClN6O7S/c1-19-9(14)8(11(21)22)10(20(19)2)28(24,25)18-13(23)17-12-15-6(26-3)5-7(16-12)27-4/h5,9H,1-4H3,(H,21,22)(H2,15,16,17,18,23). The van der Waals surface area contributed by atoms with Crippen LogP contribution in [0.4, 0.5) is 10.7 Å².